The lowest BCUT2D eigenvalue weighted by atomic mass is 9.95. The first-order valence-electron chi connectivity index (χ1n) is 11.1. The first-order valence-corrected chi connectivity index (χ1v) is 11.9. The number of thiophene rings is 1. The van der Waals surface area contributed by atoms with Gasteiger partial charge in [-0.1, -0.05) is 19.1 Å². The third-order valence-corrected chi connectivity index (χ3v) is 7.47. The molecule has 33 heavy (non-hydrogen) atoms. The highest BCUT2D eigenvalue weighted by atomic mass is 32.1. The number of methoxy groups -OCH3 is 2. The largest absolute Gasteiger partial charge is 0.495 e. The van der Waals surface area contributed by atoms with Crippen LogP contribution >= 0.6 is 11.3 Å². The third kappa shape index (κ3) is 4.04. The molecule has 0 saturated carbocycles. The van der Waals surface area contributed by atoms with Crippen molar-refractivity contribution in [3.05, 3.63) is 56.2 Å². The highest BCUT2D eigenvalue weighted by Crippen LogP contribution is 2.39. The van der Waals surface area contributed by atoms with Crippen LogP contribution in [0.3, 0.4) is 0 Å². The van der Waals surface area contributed by atoms with Crippen LogP contribution in [0.5, 0.6) is 5.75 Å². The monoisotopic (exact) mass is 468 g/mol. The summed E-state index contributed by atoms with van der Waals surface area (Å²) in [6, 6.07) is 6.33. The number of ether oxygens (including phenoxy) is 2. The molecule has 0 radical (unpaired) electrons. The normalized spacial score (nSPS) is 13.9. The van der Waals surface area contributed by atoms with E-state index in [0.29, 0.717) is 28.3 Å². The lowest BCUT2D eigenvalue weighted by Gasteiger charge is -2.22. The second-order valence-electron chi connectivity index (χ2n) is 8.21. The third-order valence-electron chi connectivity index (χ3n) is 6.26. The Morgan fingerprint density at radius 1 is 1.21 bits per heavy atom. The number of carbonyl (C=O) groups excluding carboxylic acids is 2. The Morgan fingerprint density at radius 3 is 2.67 bits per heavy atom. The van der Waals surface area contributed by atoms with E-state index in [1.807, 2.05) is 26.0 Å². The number of aryl methyl sites for hydroxylation is 2. The van der Waals surface area contributed by atoms with Crippen molar-refractivity contribution in [2.24, 2.45) is 0 Å². The van der Waals surface area contributed by atoms with Gasteiger partial charge in [0.05, 0.1) is 25.3 Å². The summed E-state index contributed by atoms with van der Waals surface area (Å²) in [5, 5.41) is 4.30. The molecule has 0 aliphatic heterocycles. The summed E-state index contributed by atoms with van der Waals surface area (Å²) in [6.45, 7) is 3.73. The molecule has 1 unspecified atom stereocenters. The number of esters is 1. The zero-order chi connectivity index (χ0) is 23.7. The van der Waals surface area contributed by atoms with Gasteiger partial charge in [0, 0.05) is 16.3 Å². The SMILES string of the molecule is CCC(C(=O)Nc1sc2c(c1C(=O)OC)CCCC2)n1c(=O)cc(C)c2cccc(OC)c21. The lowest BCUT2D eigenvalue weighted by Crippen LogP contribution is -2.33. The number of rotatable bonds is 6. The summed E-state index contributed by atoms with van der Waals surface area (Å²) < 4.78 is 12.1. The maximum atomic E-state index is 13.5. The maximum Gasteiger partial charge on any atom is 0.341 e. The summed E-state index contributed by atoms with van der Waals surface area (Å²) >= 11 is 1.43. The zero-order valence-corrected chi connectivity index (χ0v) is 20.1. The molecule has 8 heteroatoms. The van der Waals surface area contributed by atoms with E-state index in [1.54, 1.807) is 19.2 Å². The Balaban J connectivity index is 1.81. The van der Waals surface area contributed by atoms with Gasteiger partial charge in [0.2, 0.25) is 5.91 Å². The molecule has 0 spiro atoms. The molecule has 1 atom stereocenters. The fourth-order valence-electron chi connectivity index (χ4n) is 4.66. The minimum atomic E-state index is -0.776. The Bertz CT molecular complexity index is 1290. The number of nitrogens with one attached hydrogen (secondary N) is 1. The van der Waals surface area contributed by atoms with Gasteiger partial charge in [-0.25, -0.2) is 4.79 Å². The molecule has 1 aliphatic carbocycles. The van der Waals surface area contributed by atoms with Crippen LogP contribution in [0.25, 0.3) is 10.9 Å². The van der Waals surface area contributed by atoms with Gasteiger partial charge in [0.1, 0.15) is 16.8 Å². The van der Waals surface area contributed by atoms with Crippen molar-refractivity contribution in [3.8, 4) is 5.75 Å². The number of hydrogen-bond donors (Lipinski definition) is 1. The van der Waals surface area contributed by atoms with Crippen LogP contribution in [0.15, 0.2) is 29.1 Å². The van der Waals surface area contributed by atoms with E-state index in [-0.39, 0.29) is 11.5 Å². The molecule has 4 rings (SSSR count). The van der Waals surface area contributed by atoms with Crippen LogP contribution in [0, 0.1) is 6.92 Å². The molecule has 0 saturated heterocycles. The smallest absolute Gasteiger partial charge is 0.341 e. The van der Waals surface area contributed by atoms with Crippen LogP contribution in [0.4, 0.5) is 5.00 Å². The molecule has 1 aliphatic rings. The number of aromatic nitrogens is 1. The molecule has 2 heterocycles. The second-order valence-corrected chi connectivity index (χ2v) is 9.32. The number of hydrogen-bond acceptors (Lipinski definition) is 6. The molecular weight excluding hydrogens is 440 g/mol. The predicted octanol–water partition coefficient (Wildman–Crippen LogP) is 4.64. The molecule has 1 amide bonds. The maximum absolute atomic E-state index is 13.5. The highest BCUT2D eigenvalue weighted by Gasteiger charge is 2.30. The van der Waals surface area contributed by atoms with Gasteiger partial charge < -0.3 is 14.8 Å². The average molecular weight is 469 g/mol. The summed E-state index contributed by atoms with van der Waals surface area (Å²) in [6.07, 6.45) is 4.13. The molecule has 1 N–H and O–H groups in total. The minimum absolute atomic E-state index is 0.273. The quantitative estimate of drug-likeness (QED) is 0.533. The molecular formula is C25H28N2O5S. The van der Waals surface area contributed by atoms with Crippen LogP contribution < -0.4 is 15.6 Å². The zero-order valence-electron chi connectivity index (χ0n) is 19.3. The highest BCUT2D eigenvalue weighted by molar-refractivity contribution is 7.17. The van der Waals surface area contributed by atoms with Crippen molar-refractivity contribution in [2.45, 2.75) is 52.0 Å². The first kappa shape index (κ1) is 23.0. The van der Waals surface area contributed by atoms with Gasteiger partial charge in [-0.05, 0) is 56.2 Å². The van der Waals surface area contributed by atoms with Crippen molar-refractivity contribution in [1.29, 1.82) is 0 Å². The summed E-state index contributed by atoms with van der Waals surface area (Å²) in [5.41, 5.74) is 2.55. The van der Waals surface area contributed by atoms with Crippen molar-refractivity contribution in [2.75, 3.05) is 19.5 Å². The fraction of sp³-hybridized carbons (Fsp3) is 0.400. The van der Waals surface area contributed by atoms with Crippen molar-refractivity contribution >= 4 is 39.1 Å². The molecule has 0 fully saturated rings. The van der Waals surface area contributed by atoms with Crippen LogP contribution in [-0.2, 0) is 22.4 Å². The summed E-state index contributed by atoms with van der Waals surface area (Å²) in [5.74, 6) is -0.266. The van der Waals surface area contributed by atoms with E-state index in [4.69, 9.17) is 9.47 Å². The first-order chi connectivity index (χ1) is 15.9. The molecule has 3 aromatic rings. The number of benzene rings is 1. The number of fused-ring (bicyclic) bond motifs is 2. The topological polar surface area (TPSA) is 86.6 Å². The van der Waals surface area contributed by atoms with Gasteiger partial charge in [0.25, 0.3) is 5.56 Å². The second kappa shape index (κ2) is 9.39. The Labute approximate surface area is 196 Å². The fourth-order valence-corrected chi connectivity index (χ4v) is 5.94. The molecule has 1 aromatic carbocycles. The van der Waals surface area contributed by atoms with Crippen molar-refractivity contribution in [1.82, 2.24) is 4.57 Å². The number of anilines is 1. The summed E-state index contributed by atoms with van der Waals surface area (Å²) in [4.78, 5) is 40.3. The van der Waals surface area contributed by atoms with E-state index in [0.717, 1.165) is 47.1 Å². The van der Waals surface area contributed by atoms with Crippen LogP contribution in [-0.4, -0.2) is 30.7 Å². The van der Waals surface area contributed by atoms with E-state index in [9.17, 15) is 14.4 Å². The number of nitrogens with zero attached hydrogens (tertiary/aromatic N) is 1. The number of para-hydroxylation sites is 1. The Hall–Kier alpha value is -3.13. The standard InChI is InChI=1S/C25H28N2O5S/c1-5-17(27-20(28)13-14(2)15-10-8-11-18(31-3)22(15)27)23(29)26-24-21(25(30)32-4)16-9-6-7-12-19(16)33-24/h8,10-11,13,17H,5-7,9,12H2,1-4H3,(H,26,29). The number of amides is 1. The Kier molecular flexibility index (Phi) is 6.56. The molecule has 0 bridgehead atoms. The Morgan fingerprint density at radius 2 is 1.97 bits per heavy atom. The van der Waals surface area contributed by atoms with E-state index in [1.165, 1.54) is 23.0 Å². The van der Waals surface area contributed by atoms with Gasteiger partial charge in [0.15, 0.2) is 0 Å². The van der Waals surface area contributed by atoms with Crippen molar-refractivity contribution < 1.29 is 19.1 Å². The van der Waals surface area contributed by atoms with Gasteiger partial charge >= 0.3 is 5.97 Å². The minimum Gasteiger partial charge on any atom is -0.495 e. The van der Waals surface area contributed by atoms with E-state index < -0.39 is 12.0 Å². The molecule has 2 aromatic heterocycles. The number of pyridine rings is 1. The number of carbonyl (C=O) groups is 2. The van der Waals surface area contributed by atoms with Gasteiger partial charge in [-0.15, -0.1) is 11.3 Å². The average Bonchev–Trinajstić information content (AvgIpc) is 3.18. The van der Waals surface area contributed by atoms with Crippen molar-refractivity contribution in [3.63, 3.8) is 0 Å². The predicted molar refractivity (Wildman–Crippen MR) is 130 cm³/mol. The van der Waals surface area contributed by atoms with E-state index in [2.05, 4.69) is 5.32 Å². The molecule has 174 valence electrons. The molecule has 7 nitrogen and oxygen atoms in total. The van der Waals surface area contributed by atoms with E-state index >= 15 is 0 Å². The van der Waals surface area contributed by atoms with Crippen LogP contribution in [0.2, 0.25) is 0 Å². The van der Waals surface area contributed by atoms with Gasteiger partial charge in [-0.3, -0.25) is 14.2 Å². The lowest BCUT2D eigenvalue weighted by molar-refractivity contribution is -0.119. The summed E-state index contributed by atoms with van der Waals surface area (Å²) in [7, 11) is 2.89. The van der Waals surface area contributed by atoms with Crippen LogP contribution in [0.1, 0.15) is 58.6 Å². The van der Waals surface area contributed by atoms with Gasteiger partial charge in [-0.2, -0.15) is 0 Å².